The SMILES string of the molecule is COC(=O)c1c(O)c2cc(Cl)ccc2c(=O)n1Cc1ccc2c(c1)CCO2. The normalized spacial score (nSPS) is 12.7. The van der Waals surface area contributed by atoms with Gasteiger partial charge >= 0.3 is 5.97 Å². The third-order valence-corrected chi connectivity index (χ3v) is 4.91. The summed E-state index contributed by atoms with van der Waals surface area (Å²) in [6.45, 7) is 0.742. The minimum Gasteiger partial charge on any atom is -0.505 e. The average molecular weight is 386 g/mol. The number of esters is 1. The molecular weight excluding hydrogens is 370 g/mol. The number of halogens is 1. The van der Waals surface area contributed by atoms with E-state index >= 15 is 0 Å². The van der Waals surface area contributed by atoms with Gasteiger partial charge in [-0.15, -0.1) is 0 Å². The Bertz CT molecular complexity index is 1140. The topological polar surface area (TPSA) is 77.8 Å². The maximum atomic E-state index is 13.0. The van der Waals surface area contributed by atoms with Gasteiger partial charge in [-0.2, -0.15) is 0 Å². The van der Waals surface area contributed by atoms with Crippen LogP contribution in [0.3, 0.4) is 0 Å². The van der Waals surface area contributed by atoms with Crippen LogP contribution in [0.15, 0.2) is 41.2 Å². The highest BCUT2D eigenvalue weighted by Gasteiger charge is 2.23. The fraction of sp³-hybridized carbons (Fsp3) is 0.200. The summed E-state index contributed by atoms with van der Waals surface area (Å²) in [4.78, 5) is 25.4. The number of benzene rings is 2. The van der Waals surface area contributed by atoms with Crippen LogP contribution >= 0.6 is 11.6 Å². The minimum absolute atomic E-state index is 0.114. The fourth-order valence-corrected chi connectivity index (χ4v) is 3.55. The summed E-state index contributed by atoms with van der Waals surface area (Å²) in [5, 5.41) is 11.5. The number of aromatic nitrogens is 1. The molecule has 7 heteroatoms. The fourth-order valence-electron chi connectivity index (χ4n) is 3.38. The van der Waals surface area contributed by atoms with E-state index in [2.05, 4.69) is 0 Å². The lowest BCUT2D eigenvalue weighted by molar-refractivity contribution is 0.0584. The zero-order chi connectivity index (χ0) is 19.1. The number of pyridine rings is 1. The van der Waals surface area contributed by atoms with Crippen LogP contribution < -0.4 is 10.3 Å². The van der Waals surface area contributed by atoms with Crippen molar-refractivity contribution >= 4 is 28.3 Å². The van der Waals surface area contributed by atoms with Crippen LogP contribution in [0, 0.1) is 0 Å². The van der Waals surface area contributed by atoms with Gasteiger partial charge in [0, 0.05) is 16.8 Å². The maximum absolute atomic E-state index is 13.0. The van der Waals surface area contributed by atoms with Crippen LogP contribution in [0.25, 0.3) is 10.8 Å². The van der Waals surface area contributed by atoms with Gasteiger partial charge in [0.05, 0.1) is 25.6 Å². The molecule has 138 valence electrons. The molecule has 0 radical (unpaired) electrons. The largest absolute Gasteiger partial charge is 0.505 e. The first-order chi connectivity index (χ1) is 13.0. The van der Waals surface area contributed by atoms with Crippen LogP contribution in [0.2, 0.25) is 5.02 Å². The van der Waals surface area contributed by atoms with Crippen LogP contribution in [-0.2, 0) is 17.7 Å². The number of carbonyl (C=O) groups is 1. The van der Waals surface area contributed by atoms with Crippen molar-refractivity contribution in [3.05, 3.63) is 68.6 Å². The molecule has 1 N–H and O–H groups in total. The number of hydrogen-bond acceptors (Lipinski definition) is 5. The second-order valence-electron chi connectivity index (χ2n) is 6.31. The quantitative estimate of drug-likeness (QED) is 0.701. The van der Waals surface area contributed by atoms with Crippen molar-refractivity contribution in [1.29, 1.82) is 0 Å². The predicted octanol–water partition coefficient (Wildman–Crippen LogP) is 3.13. The van der Waals surface area contributed by atoms with Crippen molar-refractivity contribution in [2.75, 3.05) is 13.7 Å². The first-order valence-corrected chi connectivity index (χ1v) is 8.75. The van der Waals surface area contributed by atoms with Gasteiger partial charge in [0.2, 0.25) is 0 Å². The molecule has 2 aromatic carbocycles. The summed E-state index contributed by atoms with van der Waals surface area (Å²) >= 11 is 5.98. The van der Waals surface area contributed by atoms with Crippen molar-refractivity contribution in [3.8, 4) is 11.5 Å². The van der Waals surface area contributed by atoms with Crippen molar-refractivity contribution in [2.45, 2.75) is 13.0 Å². The van der Waals surface area contributed by atoms with Crippen LogP contribution in [-0.4, -0.2) is 29.4 Å². The molecule has 3 aromatic rings. The van der Waals surface area contributed by atoms with Crippen molar-refractivity contribution < 1.29 is 19.4 Å². The zero-order valence-corrected chi connectivity index (χ0v) is 15.2. The van der Waals surface area contributed by atoms with Gasteiger partial charge < -0.3 is 14.6 Å². The van der Waals surface area contributed by atoms with E-state index in [4.69, 9.17) is 21.1 Å². The Kier molecular flexibility index (Phi) is 4.28. The Hall–Kier alpha value is -2.99. The molecule has 0 atom stereocenters. The molecule has 0 saturated carbocycles. The van der Waals surface area contributed by atoms with Crippen molar-refractivity contribution in [3.63, 3.8) is 0 Å². The number of hydrogen-bond donors (Lipinski definition) is 1. The average Bonchev–Trinajstić information content (AvgIpc) is 3.13. The molecule has 27 heavy (non-hydrogen) atoms. The molecule has 6 nitrogen and oxygen atoms in total. The Morgan fingerprint density at radius 2 is 2.07 bits per heavy atom. The standard InChI is InChI=1S/C20H16ClNO5/c1-26-20(25)17-18(23)15-9-13(21)3-4-14(15)19(24)22(17)10-11-2-5-16-12(8-11)6-7-27-16/h2-5,8-9,23H,6-7,10H2,1H3. The van der Waals surface area contributed by atoms with Gasteiger partial charge in [0.15, 0.2) is 11.4 Å². The first kappa shape index (κ1) is 17.4. The predicted molar refractivity (Wildman–Crippen MR) is 101 cm³/mol. The molecule has 1 aliphatic rings. The van der Waals surface area contributed by atoms with E-state index in [1.165, 1.54) is 23.8 Å². The summed E-state index contributed by atoms with van der Waals surface area (Å²) in [7, 11) is 1.20. The number of fused-ring (bicyclic) bond motifs is 2. The number of carbonyl (C=O) groups excluding carboxylic acids is 1. The molecule has 4 rings (SSSR count). The molecule has 0 fully saturated rings. The lowest BCUT2D eigenvalue weighted by Crippen LogP contribution is -2.27. The van der Waals surface area contributed by atoms with Gasteiger partial charge in [0.25, 0.3) is 5.56 Å². The third kappa shape index (κ3) is 2.92. The Morgan fingerprint density at radius 1 is 1.26 bits per heavy atom. The van der Waals surface area contributed by atoms with E-state index in [-0.39, 0.29) is 28.8 Å². The van der Waals surface area contributed by atoms with Crippen LogP contribution in [0.4, 0.5) is 0 Å². The van der Waals surface area contributed by atoms with Gasteiger partial charge in [-0.1, -0.05) is 23.7 Å². The van der Waals surface area contributed by atoms with E-state index < -0.39 is 11.5 Å². The van der Waals surface area contributed by atoms with Crippen LogP contribution in [0.5, 0.6) is 11.5 Å². The van der Waals surface area contributed by atoms with Crippen molar-refractivity contribution in [1.82, 2.24) is 4.57 Å². The second-order valence-corrected chi connectivity index (χ2v) is 6.75. The lowest BCUT2D eigenvalue weighted by Gasteiger charge is -2.16. The summed E-state index contributed by atoms with van der Waals surface area (Å²) in [5.74, 6) is -0.297. The summed E-state index contributed by atoms with van der Waals surface area (Å²) in [6, 6.07) is 10.2. The van der Waals surface area contributed by atoms with E-state index in [1.807, 2.05) is 18.2 Å². The molecule has 0 spiro atoms. The molecule has 0 bridgehead atoms. The number of aromatic hydroxyl groups is 1. The highest BCUT2D eigenvalue weighted by atomic mass is 35.5. The van der Waals surface area contributed by atoms with Crippen LogP contribution in [0.1, 0.15) is 21.6 Å². The summed E-state index contributed by atoms with van der Waals surface area (Å²) < 4.78 is 11.5. The number of ether oxygens (including phenoxy) is 2. The molecule has 2 heterocycles. The van der Waals surface area contributed by atoms with Crippen molar-refractivity contribution in [2.24, 2.45) is 0 Å². The van der Waals surface area contributed by atoms with Gasteiger partial charge in [0.1, 0.15) is 5.75 Å². The Balaban J connectivity index is 1.93. The second kappa shape index (κ2) is 6.63. The number of rotatable bonds is 3. The highest BCUT2D eigenvalue weighted by molar-refractivity contribution is 6.31. The lowest BCUT2D eigenvalue weighted by atomic mass is 10.1. The summed E-state index contributed by atoms with van der Waals surface area (Å²) in [5.41, 5.74) is 1.27. The van der Waals surface area contributed by atoms with E-state index in [9.17, 15) is 14.7 Å². The minimum atomic E-state index is -0.795. The Labute approximate surface area is 159 Å². The monoisotopic (exact) mass is 385 g/mol. The van der Waals surface area contributed by atoms with Gasteiger partial charge in [-0.05, 0) is 35.4 Å². The number of methoxy groups -OCH3 is 1. The first-order valence-electron chi connectivity index (χ1n) is 8.37. The zero-order valence-electron chi connectivity index (χ0n) is 14.5. The van der Waals surface area contributed by atoms with Gasteiger partial charge in [-0.3, -0.25) is 9.36 Å². The summed E-state index contributed by atoms with van der Waals surface area (Å²) in [6.07, 6.45) is 0.795. The molecule has 1 aliphatic heterocycles. The third-order valence-electron chi connectivity index (χ3n) is 4.68. The highest BCUT2D eigenvalue weighted by Crippen LogP contribution is 2.30. The molecule has 0 saturated heterocycles. The van der Waals surface area contributed by atoms with E-state index in [0.29, 0.717) is 11.6 Å². The molecule has 0 aliphatic carbocycles. The van der Waals surface area contributed by atoms with E-state index in [1.54, 1.807) is 6.07 Å². The number of nitrogens with zero attached hydrogens (tertiary/aromatic N) is 1. The molecular formula is C20H16ClNO5. The molecule has 0 amide bonds. The van der Waals surface area contributed by atoms with E-state index in [0.717, 1.165) is 23.3 Å². The molecule has 1 aromatic heterocycles. The van der Waals surface area contributed by atoms with Gasteiger partial charge in [-0.25, -0.2) is 4.79 Å². The maximum Gasteiger partial charge on any atom is 0.358 e. The smallest absolute Gasteiger partial charge is 0.358 e. The molecule has 0 unspecified atom stereocenters. The Morgan fingerprint density at radius 3 is 2.85 bits per heavy atom.